The molecule has 0 atom stereocenters. The summed E-state index contributed by atoms with van der Waals surface area (Å²) in [4.78, 5) is 2.34. The average Bonchev–Trinajstić information content (AvgIpc) is 2.31. The van der Waals surface area contributed by atoms with E-state index in [-0.39, 0.29) is 11.6 Å². The molecule has 1 saturated heterocycles. The Balaban J connectivity index is 1.95. The van der Waals surface area contributed by atoms with Gasteiger partial charge in [-0.15, -0.1) is 0 Å². The Morgan fingerprint density at radius 2 is 1.94 bits per heavy atom. The quantitative estimate of drug-likeness (QED) is 0.888. The highest BCUT2D eigenvalue weighted by molar-refractivity contribution is 5.28. The van der Waals surface area contributed by atoms with Crippen molar-refractivity contribution < 1.29 is 9.50 Å². The fraction of sp³-hybridized carbons (Fsp3) is 0.600. The Labute approximate surface area is 108 Å². The minimum Gasteiger partial charge on any atom is -0.508 e. The normalized spacial score (nSPS) is 19.9. The lowest BCUT2D eigenvalue weighted by atomic mass is 9.78. The van der Waals surface area contributed by atoms with Crippen LogP contribution >= 0.6 is 0 Å². The molecule has 1 aromatic rings. The average molecular weight is 251 g/mol. The Hall–Kier alpha value is -1.09. The second-order valence-corrected chi connectivity index (χ2v) is 5.76. The van der Waals surface area contributed by atoms with Gasteiger partial charge in [0.25, 0.3) is 0 Å². The van der Waals surface area contributed by atoms with Crippen LogP contribution in [0.2, 0.25) is 0 Å². The lowest BCUT2D eigenvalue weighted by molar-refractivity contribution is 0.109. The van der Waals surface area contributed by atoms with Crippen molar-refractivity contribution >= 4 is 0 Å². The van der Waals surface area contributed by atoms with Crippen LogP contribution in [0.5, 0.6) is 5.75 Å². The van der Waals surface area contributed by atoms with Gasteiger partial charge < -0.3 is 5.11 Å². The Morgan fingerprint density at radius 1 is 1.28 bits per heavy atom. The summed E-state index contributed by atoms with van der Waals surface area (Å²) in [7, 11) is 0. The van der Waals surface area contributed by atoms with Crippen molar-refractivity contribution in [2.24, 2.45) is 5.41 Å². The molecule has 1 heterocycles. The molecule has 1 aliphatic heterocycles. The van der Waals surface area contributed by atoms with Gasteiger partial charge in [0.2, 0.25) is 0 Å². The molecule has 100 valence electrons. The van der Waals surface area contributed by atoms with Gasteiger partial charge in [-0.25, -0.2) is 4.39 Å². The van der Waals surface area contributed by atoms with Crippen LogP contribution in [0.4, 0.5) is 4.39 Å². The molecule has 0 aliphatic carbocycles. The van der Waals surface area contributed by atoms with Crippen molar-refractivity contribution in [2.45, 2.75) is 39.7 Å². The number of phenolic OH excluding ortho intramolecular Hbond substituents is 1. The molecule has 0 radical (unpaired) electrons. The van der Waals surface area contributed by atoms with E-state index < -0.39 is 0 Å². The third-order valence-electron chi connectivity index (χ3n) is 4.27. The number of likely N-dealkylation sites (tertiary alicyclic amines) is 1. The number of piperidine rings is 1. The molecule has 0 spiro atoms. The maximum atomic E-state index is 13.2. The number of halogens is 1. The fourth-order valence-corrected chi connectivity index (χ4v) is 2.59. The van der Waals surface area contributed by atoms with Crippen LogP contribution in [-0.4, -0.2) is 23.1 Å². The highest BCUT2D eigenvalue weighted by Gasteiger charge is 2.28. The molecule has 18 heavy (non-hydrogen) atoms. The van der Waals surface area contributed by atoms with Gasteiger partial charge in [0.15, 0.2) is 0 Å². The molecule has 2 nitrogen and oxygen atoms in total. The third-order valence-corrected chi connectivity index (χ3v) is 4.27. The molecule has 0 aromatic heterocycles. The van der Waals surface area contributed by atoms with E-state index in [9.17, 15) is 9.50 Å². The summed E-state index contributed by atoms with van der Waals surface area (Å²) >= 11 is 0. The molecule has 1 fully saturated rings. The van der Waals surface area contributed by atoms with E-state index in [0.29, 0.717) is 5.41 Å². The van der Waals surface area contributed by atoms with E-state index in [2.05, 4.69) is 18.7 Å². The monoisotopic (exact) mass is 251 g/mol. The van der Waals surface area contributed by atoms with E-state index in [0.717, 1.165) is 31.3 Å². The van der Waals surface area contributed by atoms with Gasteiger partial charge in [-0.05, 0) is 49.0 Å². The number of hydrogen-bond acceptors (Lipinski definition) is 2. The molecule has 0 amide bonds. The predicted molar refractivity (Wildman–Crippen MR) is 71.0 cm³/mol. The SMILES string of the molecule is CCC1(C)CCN(Cc2cc(O)cc(F)c2)CC1. The van der Waals surface area contributed by atoms with Crippen molar-refractivity contribution in [3.05, 3.63) is 29.6 Å². The van der Waals surface area contributed by atoms with Crippen molar-refractivity contribution in [1.29, 1.82) is 0 Å². The first-order valence-corrected chi connectivity index (χ1v) is 6.71. The second kappa shape index (κ2) is 5.27. The largest absolute Gasteiger partial charge is 0.508 e. The van der Waals surface area contributed by atoms with Crippen LogP contribution in [0.25, 0.3) is 0 Å². The van der Waals surface area contributed by atoms with Gasteiger partial charge in [0, 0.05) is 12.6 Å². The van der Waals surface area contributed by atoms with E-state index >= 15 is 0 Å². The molecular formula is C15H22FNO. The van der Waals surface area contributed by atoms with Gasteiger partial charge in [-0.3, -0.25) is 4.90 Å². The maximum Gasteiger partial charge on any atom is 0.127 e. The van der Waals surface area contributed by atoms with Crippen molar-refractivity contribution in [1.82, 2.24) is 4.90 Å². The summed E-state index contributed by atoms with van der Waals surface area (Å²) in [5.74, 6) is -0.346. The minimum absolute atomic E-state index is 0.0143. The topological polar surface area (TPSA) is 23.5 Å². The van der Waals surface area contributed by atoms with Gasteiger partial charge in [0.05, 0.1) is 0 Å². The zero-order valence-corrected chi connectivity index (χ0v) is 11.2. The molecule has 2 rings (SSSR count). The van der Waals surface area contributed by atoms with Crippen LogP contribution in [0, 0.1) is 11.2 Å². The highest BCUT2D eigenvalue weighted by atomic mass is 19.1. The summed E-state index contributed by atoms with van der Waals surface area (Å²) in [6, 6.07) is 4.30. The first kappa shape index (κ1) is 13.3. The highest BCUT2D eigenvalue weighted by Crippen LogP contribution is 2.34. The van der Waals surface area contributed by atoms with Gasteiger partial charge in [-0.2, -0.15) is 0 Å². The standard InChI is InChI=1S/C15H22FNO/c1-3-15(2)4-6-17(7-5-15)11-12-8-13(16)10-14(18)9-12/h8-10,18H,3-7,11H2,1-2H3. The van der Waals surface area contributed by atoms with Crippen LogP contribution in [-0.2, 0) is 6.54 Å². The Kier molecular flexibility index (Phi) is 3.91. The number of rotatable bonds is 3. The van der Waals surface area contributed by atoms with Crippen molar-refractivity contribution in [2.75, 3.05) is 13.1 Å². The summed E-state index contributed by atoms with van der Waals surface area (Å²) < 4.78 is 13.2. The van der Waals surface area contributed by atoms with Gasteiger partial charge in [0.1, 0.15) is 11.6 Å². The molecule has 1 aliphatic rings. The zero-order chi connectivity index (χ0) is 13.2. The first-order chi connectivity index (χ1) is 8.50. The first-order valence-electron chi connectivity index (χ1n) is 6.71. The minimum atomic E-state index is -0.361. The second-order valence-electron chi connectivity index (χ2n) is 5.76. The van der Waals surface area contributed by atoms with E-state index in [4.69, 9.17) is 0 Å². The molecule has 0 unspecified atom stereocenters. The maximum absolute atomic E-state index is 13.2. The summed E-state index contributed by atoms with van der Waals surface area (Å²) in [6.07, 6.45) is 3.62. The zero-order valence-electron chi connectivity index (χ0n) is 11.2. The van der Waals surface area contributed by atoms with Crippen LogP contribution in [0.15, 0.2) is 18.2 Å². The third kappa shape index (κ3) is 3.22. The van der Waals surface area contributed by atoms with Gasteiger partial charge >= 0.3 is 0 Å². The number of phenols is 1. The predicted octanol–water partition coefficient (Wildman–Crippen LogP) is 3.54. The molecular weight excluding hydrogens is 229 g/mol. The molecule has 1 aromatic carbocycles. The smallest absolute Gasteiger partial charge is 0.127 e. The Bertz CT molecular complexity index is 391. The fourth-order valence-electron chi connectivity index (χ4n) is 2.59. The number of aromatic hydroxyl groups is 1. The summed E-state index contributed by atoms with van der Waals surface area (Å²) in [5, 5.41) is 9.39. The molecule has 0 saturated carbocycles. The Morgan fingerprint density at radius 3 is 2.50 bits per heavy atom. The van der Waals surface area contributed by atoms with Gasteiger partial charge in [-0.1, -0.05) is 20.3 Å². The van der Waals surface area contributed by atoms with Crippen molar-refractivity contribution in [3.63, 3.8) is 0 Å². The van der Waals surface area contributed by atoms with E-state index in [1.807, 2.05) is 0 Å². The van der Waals surface area contributed by atoms with Crippen LogP contribution < -0.4 is 0 Å². The molecule has 3 heteroatoms. The van der Waals surface area contributed by atoms with E-state index in [1.54, 1.807) is 6.07 Å². The van der Waals surface area contributed by atoms with E-state index in [1.165, 1.54) is 25.3 Å². The number of nitrogens with zero attached hydrogens (tertiary/aromatic N) is 1. The van der Waals surface area contributed by atoms with Crippen LogP contribution in [0.1, 0.15) is 38.7 Å². The molecule has 0 bridgehead atoms. The van der Waals surface area contributed by atoms with Crippen molar-refractivity contribution in [3.8, 4) is 5.75 Å². The van der Waals surface area contributed by atoms with Crippen LogP contribution in [0.3, 0.4) is 0 Å². The number of benzene rings is 1. The molecule has 1 N–H and O–H groups in total. The lowest BCUT2D eigenvalue weighted by Crippen LogP contribution is -2.37. The number of hydrogen-bond donors (Lipinski definition) is 1. The summed E-state index contributed by atoms with van der Waals surface area (Å²) in [5.41, 5.74) is 1.33. The summed E-state index contributed by atoms with van der Waals surface area (Å²) in [6.45, 7) is 7.44. The lowest BCUT2D eigenvalue weighted by Gasteiger charge is -2.39.